The molecule has 0 bridgehead atoms. The second-order valence-corrected chi connectivity index (χ2v) is 13.2. The van der Waals surface area contributed by atoms with Crippen molar-refractivity contribution in [3.05, 3.63) is 129 Å². The van der Waals surface area contributed by atoms with Crippen molar-refractivity contribution < 1.29 is 18.0 Å². The summed E-state index contributed by atoms with van der Waals surface area (Å²) in [4.78, 5) is 29.4. The minimum atomic E-state index is -4.24. The summed E-state index contributed by atoms with van der Waals surface area (Å²) < 4.78 is 29.1. The molecule has 1 N–H and O–H groups in total. The highest BCUT2D eigenvalue weighted by Gasteiger charge is 2.35. The molecule has 1 atom stereocenters. The molecule has 11 heteroatoms. The van der Waals surface area contributed by atoms with E-state index < -0.39 is 34.4 Å². The summed E-state index contributed by atoms with van der Waals surface area (Å²) in [5.74, 6) is -1.03. The maximum atomic E-state index is 14.4. The molecule has 0 fully saturated rings. The number of carbonyl (C=O) groups excluding carboxylic acids is 2. The van der Waals surface area contributed by atoms with Crippen molar-refractivity contribution in [2.24, 2.45) is 0 Å². The van der Waals surface area contributed by atoms with Crippen LogP contribution in [0, 0.1) is 6.92 Å². The molecule has 0 heterocycles. The molecular weight excluding hydrogens is 641 g/mol. The fraction of sp³-hybridized carbons (Fsp3) is 0.212. The van der Waals surface area contributed by atoms with Crippen LogP contribution in [-0.4, -0.2) is 44.3 Å². The molecule has 0 aliphatic heterocycles. The lowest BCUT2D eigenvalue weighted by Crippen LogP contribution is -2.53. The monoisotopic (exact) mass is 671 g/mol. The number of sulfonamides is 1. The number of carbonyl (C=O) groups is 2. The van der Waals surface area contributed by atoms with Crippen molar-refractivity contribution in [3.8, 4) is 0 Å². The molecule has 0 saturated carbocycles. The lowest BCUT2D eigenvalue weighted by atomic mass is 10.0. The second kappa shape index (κ2) is 14.9. The number of nitrogens with one attached hydrogen (secondary N) is 1. The van der Waals surface area contributed by atoms with Crippen LogP contribution in [0.15, 0.2) is 102 Å². The maximum absolute atomic E-state index is 14.4. The van der Waals surface area contributed by atoms with Crippen LogP contribution in [0.4, 0.5) is 5.69 Å². The summed E-state index contributed by atoms with van der Waals surface area (Å²) in [6.45, 7) is 3.14. The van der Waals surface area contributed by atoms with Gasteiger partial charge in [0.25, 0.3) is 10.0 Å². The molecule has 7 nitrogen and oxygen atoms in total. The van der Waals surface area contributed by atoms with E-state index in [-0.39, 0.29) is 23.5 Å². The van der Waals surface area contributed by atoms with Crippen molar-refractivity contribution in [2.75, 3.05) is 17.4 Å². The van der Waals surface area contributed by atoms with Gasteiger partial charge < -0.3 is 10.2 Å². The van der Waals surface area contributed by atoms with Crippen LogP contribution >= 0.6 is 34.8 Å². The Kier molecular flexibility index (Phi) is 11.3. The van der Waals surface area contributed by atoms with Crippen LogP contribution in [0.5, 0.6) is 0 Å². The van der Waals surface area contributed by atoms with Gasteiger partial charge in [0.2, 0.25) is 11.8 Å². The highest BCUT2D eigenvalue weighted by molar-refractivity contribution is 7.92. The molecule has 2 amide bonds. The number of rotatable bonds is 12. The zero-order valence-corrected chi connectivity index (χ0v) is 27.3. The van der Waals surface area contributed by atoms with E-state index >= 15 is 0 Å². The quantitative estimate of drug-likeness (QED) is 0.177. The highest BCUT2D eigenvalue weighted by Crippen LogP contribution is 2.30. The first kappa shape index (κ1) is 33.3. The average Bonchev–Trinajstić information content (AvgIpc) is 3.01. The number of hydrogen-bond acceptors (Lipinski definition) is 4. The van der Waals surface area contributed by atoms with E-state index in [0.717, 1.165) is 15.4 Å². The third-order valence-electron chi connectivity index (χ3n) is 7.07. The first-order valence-electron chi connectivity index (χ1n) is 13.9. The van der Waals surface area contributed by atoms with E-state index in [2.05, 4.69) is 5.32 Å². The topological polar surface area (TPSA) is 86.8 Å². The van der Waals surface area contributed by atoms with Gasteiger partial charge in [-0.1, -0.05) is 95.5 Å². The number of benzene rings is 4. The van der Waals surface area contributed by atoms with Crippen LogP contribution in [0.1, 0.15) is 23.6 Å². The van der Waals surface area contributed by atoms with E-state index in [0.29, 0.717) is 27.2 Å². The maximum Gasteiger partial charge on any atom is 0.264 e. The summed E-state index contributed by atoms with van der Waals surface area (Å²) in [5, 5.41) is 3.78. The van der Waals surface area contributed by atoms with E-state index in [9.17, 15) is 18.0 Å². The molecule has 0 spiro atoms. The fourth-order valence-electron chi connectivity index (χ4n) is 4.69. The predicted molar refractivity (Wildman–Crippen MR) is 177 cm³/mol. The number of hydrogen-bond donors (Lipinski definition) is 1. The smallest absolute Gasteiger partial charge is 0.264 e. The lowest BCUT2D eigenvalue weighted by molar-refractivity contribution is -0.140. The molecule has 0 aliphatic carbocycles. The summed E-state index contributed by atoms with van der Waals surface area (Å²) in [5.41, 5.74) is 2.19. The number of aryl methyl sites for hydroxylation is 1. The van der Waals surface area contributed by atoms with Crippen molar-refractivity contribution in [2.45, 2.75) is 37.8 Å². The summed E-state index contributed by atoms with van der Waals surface area (Å²) >= 11 is 19.5. The Balaban J connectivity index is 1.84. The highest BCUT2D eigenvalue weighted by atomic mass is 35.5. The number of anilines is 1. The van der Waals surface area contributed by atoms with E-state index in [1.807, 2.05) is 30.3 Å². The van der Waals surface area contributed by atoms with E-state index in [1.54, 1.807) is 62.4 Å². The largest absolute Gasteiger partial charge is 0.355 e. The van der Waals surface area contributed by atoms with Crippen molar-refractivity contribution >= 4 is 62.3 Å². The Bertz CT molecular complexity index is 1700. The van der Waals surface area contributed by atoms with Gasteiger partial charge in [-0.05, 0) is 61.4 Å². The molecule has 0 aromatic heterocycles. The molecule has 0 unspecified atom stereocenters. The summed E-state index contributed by atoms with van der Waals surface area (Å²) in [7, 11) is -4.24. The Labute approximate surface area is 273 Å². The van der Waals surface area contributed by atoms with Crippen molar-refractivity contribution in [1.82, 2.24) is 10.2 Å². The molecular formula is C33H32Cl3N3O4S. The van der Waals surface area contributed by atoms with Crippen LogP contribution in [0.2, 0.25) is 15.1 Å². The van der Waals surface area contributed by atoms with Crippen molar-refractivity contribution in [3.63, 3.8) is 0 Å². The van der Waals surface area contributed by atoms with Gasteiger partial charge in [-0.25, -0.2) is 8.42 Å². The van der Waals surface area contributed by atoms with Gasteiger partial charge in [-0.15, -0.1) is 0 Å². The van der Waals surface area contributed by atoms with Crippen LogP contribution in [-0.2, 0) is 32.6 Å². The fourth-order valence-corrected chi connectivity index (χ4v) is 6.80. The summed E-state index contributed by atoms with van der Waals surface area (Å²) in [6.07, 6.45) is 0.169. The zero-order chi connectivity index (χ0) is 31.9. The van der Waals surface area contributed by atoms with Gasteiger partial charge >= 0.3 is 0 Å². The number of halogens is 3. The number of likely N-dealkylation sites (N-methyl/N-ethyl adjacent to an activating group) is 1. The SMILES string of the molecule is CCNC(=O)[C@H](Cc1ccccc1)N(Cc1c(Cl)cccc1Cl)C(=O)CN(c1ccc(C)c(Cl)c1)S(=O)(=O)c1ccccc1. The molecule has 44 heavy (non-hydrogen) atoms. The molecule has 230 valence electrons. The number of amides is 2. The van der Waals surface area contributed by atoms with Gasteiger partial charge in [0.1, 0.15) is 12.6 Å². The normalized spacial score (nSPS) is 11.9. The van der Waals surface area contributed by atoms with Crippen molar-refractivity contribution in [1.29, 1.82) is 0 Å². The molecule has 4 aromatic rings. The van der Waals surface area contributed by atoms with Crippen LogP contribution in [0.25, 0.3) is 0 Å². The third-order valence-corrected chi connectivity index (χ3v) is 9.97. The minimum absolute atomic E-state index is 0.00485. The third kappa shape index (κ3) is 7.93. The number of nitrogens with zero attached hydrogens (tertiary/aromatic N) is 2. The van der Waals surface area contributed by atoms with Gasteiger partial charge in [0.15, 0.2) is 0 Å². The standard InChI is InChI=1S/C33H32Cl3N3O4S/c1-3-37-33(41)31(19-24-11-6-4-7-12-24)38(21-27-28(34)15-10-16-29(27)35)32(40)22-39(25-18-17-23(2)30(36)20-25)44(42,43)26-13-8-5-9-14-26/h4-18,20,31H,3,19,21-22H2,1-2H3,(H,37,41)/t31-/m0/s1. The molecule has 0 radical (unpaired) electrons. The van der Waals surface area contributed by atoms with Gasteiger partial charge in [-0.2, -0.15) is 0 Å². The Morgan fingerprint density at radius 3 is 2.02 bits per heavy atom. The first-order valence-corrected chi connectivity index (χ1v) is 16.5. The van der Waals surface area contributed by atoms with E-state index in [1.165, 1.54) is 23.1 Å². The van der Waals surface area contributed by atoms with Crippen LogP contribution < -0.4 is 9.62 Å². The summed E-state index contributed by atoms with van der Waals surface area (Å²) in [6, 6.07) is 25.8. The predicted octanol–water partition coefficient (Wildman–Crippen LogP) is 6.93. The van der Waals surface area contributed by atoms with Gasteiger partial charge in [-0.3, -0.25) is 13.9 Å². The van der Waals surface area contributed by atoms with E-state index in [4.69, 9.17) is 34.8 Å². The Hall–Kier alpha value is -3.56. The van der Waals surface area contributed by atoms with Gasteiger partial charge in [0.05, 0.1) is 10.6 Å². The minimum Gasteiger partial charge on any atom is -0.355 e. The molecule has 4 aromatic carbocycles. The zero-order valence-electron chi connectivity index (χ0n) is 24.2. The van der Waals surface area contributed by atoms with Crippen LogP contribution in [0.3, 0.4) is 0 Å². The Morgan fingerprint density at radius 1 is 0.818 bits per heavy atom. The molecule has 4 rings (SSSR count). The first-order chi connectivity index (χ1) is 21.0. The molecule has 0 aliphatic rings. The average molecular weight is 673 g/mol. The Morgan fingerprint density at radius 2 is 1.43 bits per heavy atom. The van der Waals surface area contributed by atoms with Gasteiger partial charge in [0, 0.05) is 40.1 Å². The molecule has 0 saturated heterocycles. The lowest BCUT2D eigenvalue weighted by Gasteiger charge is -2.34. The second-order valence-electron chi connectivity index (χ2n) is 10.1.